The summed E-state index contributed by atoms with van der Waals surface area (Å²) in [6, 6.07) is 0. The third kappa shape index (κ3) is 10.7. The number of Topliss-reactive ketones (excluding diaryl/α,β-unsaturated/α-hetero) is 1. The second-order valence-corrected chi connectivity index (χ2v) is 7.88. The fraction of sp³-hybridized carbons (Fsp3) is 0.765. The van der Waals surface area contributed by atoms with Gasteiger partial charge in [-0.2, -0.15) is 0 Å². The molecule has 1 atom stereocenters. The minimum absolute atomic E-state index is 0. The zero-order valence-corrected chi connectivity index (χ0v) is 19.2. The van der Waals surface area contributed by atoms with E-state index in [1.807, 2.05) is 6.08 Å². The second kappa shape index (κ2) is 13.8. The van der Waals surface area contributed by atoms with Crippen LogP contribution >= 0.6 is 0 Å². The molecule has 0 spiro atoms. The Morgan fingerprint density at radius 2 is 2.04 bits per heavy atom. The number of hydrogen-bond donors (Lipinski definition) is 2. The van der Waals surface area contributed by atoms with Crippen molar-refractivity contribution in [3.8, 4) is 0 Å². The molecule has 8 nitrogen and oxygen atoms in total. The molecule has 0 aromatic rings. The van der Waals surface area contributed by atoms with Crippen molar-refractivity contribution in [3.05, 3.63) is 12.2 Å². The number of carbonyl (C=O) groups is 1. The summed E-state index contributed by atoms with van der Waals surface area (Å²) in [4.78, 5) is 14.3. The molecule has 0 fully saturated rings. The van der Waals surface area contributed by atoms with E-state index in [0.29, 0.717) is 38.3 Å². The summed E-state index contributed by atoms with van der Waals surface area (Å²) in [6.45, 7) is 3.13. The average Bonchev–Trinajstić information content (AvgIpc) is 2.91. The molecule has 0 aromatic heterocycles. The zero-order chi connectivity index (χ0) is 19.6. The van der Waals surface area contributed by atoms with Gasteiger partial charge in [0.1, 0.15) is 32.3 Å². The van der Waals surface area contributed by atoms with Crippen LogP contribution in [0.4, 0.5) is 0 Å². The number of rotatable bonds is 13. The molecule has 0 amide bonds. The summed E-state index contributed by atoms with van der Waals surface area (Å²) in [6.07, 6.45) is 6.79. The smallest absolute Gasteiger partial charge is 0.748 e. The second-order valence-electron chi connectivity index (χ2n) is 6.43. The topological polar surface area (TPSA) is 121 Å². The van der Waals surface area contributed by atoms with Gasteiger partial charge < -0.3 is 14.8 Å². The number of allylic oxidation sites excluding steroid dienone is 2. The first-order chi connectivity index (χ1) is 12.3. The third-order valence-electron chi connectivity index (χ3n) is 4.11. The van der Waals surface area contributed by atoms with E-state index in [-0.39, 0.29) is 48.5 Å². The Balaban J connectivity index is 0.00000676. The van der Waals surface area contributed by atoms with Crippen molar-refractivity contribution < 1.29 is 62.1 Å². The number of nitrogens with zero attached hydrogens (tertiary/aromatic N) is 2. The fourth-order valence-electron chi connectivity index (χ4n) is 2.95. The molecule has 0 aliphatic carbocycles. The van der Waals surface area contributed by atoms with Crippen LogP contribution in [0.3, 0.4) is 0 Å². The van der Waals surface area contributed by atoms with Crippen LogP contribution in [0, 0.1) is 0 Å². The van der Waals surface area contributed by atoms with E-state index in [1.54, 1.807) is 9.48 Å². The summed E-state index contributed by atoms with van der Waals surface area (Å²) < 4.78 is 34.0. The predicted octanol–water partition coefficient (Wildman–Crippen LogP) is -3.29. The van der Waals surface area contributed by atoms with Gasteiger partial charge in [0.2, 0.25) is 5.78 Å². The van der Waals surface area contributed by atoms with Gasteiger partial charge in [0.25, 0.3) is 0 Å². The van der Waals surface area contributed by atoms with Crippen molar-refractivity contribution in [3.63, 3.8) is 0 Å². The molecule has 10 heteroatoms. The quantitative estimate of drug-likeness (QED) is 0.107. The van der Waals surface area contributed by atoms with E-state index in [9.17, 15) is 28.0 Å². The van der Waals surface area contributed by atoms with Crippen LogP contribution in [0.15, 0.2) is 12.2 Å². The van der Waals surface area contributed by atoms with Gasteiger partial charge in [-0.25, -0.2) is 8.42 Å². The van der Waals surface area contributed by atoms with Crippen LogP contribution in [0.1, 0.15) is 39.0 Å². The minimum Gasteiger partial charge on any atom is -0.748 e. The van der Waals surface area contributed by atoms with E-state index in [1.165, 1.54) is 0 Å². The van der Waals surface area contributed by atoms with Crippen molar-refractivity contribution in [2.75, 3.05) is 38.5 Å². The Kier molecular flexibility index (Phi) is 13.7. The summed E-state index contributed by atoms with van der Waals surface area (Å²) >= 11 is 0. The van der Waals surface area contributed by atoms with Gasteiger partial charge in [0.05, 0.1) is 22.5 Å². The molecular weight excluding hydrogens is 383 g/mol. The molecule has 0 radical (unpaired) electrons. The Bertz CT molecular complexity index is 621. The molecule has 27 heavy (non-hydrogen) atoms. The SMILES string of the molecule is CCCC/C=C/CCC(=O)C1=[N+](CC(O)CS(=O)(=O)[O-])CCN1CCO.[Na+]. The van der Waals surface area contributed by atoms with Crippen molar-refractivity contribution >= 4 is 21.7 Å². The van der Waals surface area contributed by atoms with E-state index in [2.05, 4.69) is 13.0 Å². The maximum absolute atomic E-state index is 12.6. The van der Waals surface area contributed by atoms with Crippen molar-refractivity contribution in [1.82, 2.24) is 4.90 Å². The molecule has 2 N–H and O–H groups in total. The molecule has 1 rings (SSSR count). The van der Waals surface area contributed by atoms with Gasteiger partial charge in [-0.3, -0.25) is 14.3 Å². The fourth-order valence-corrected chi connectivity index (χ4v) is 3.53. The number of aliphatic hydroxyl groups excluding tert-OH is 2. The maximum atomic E-state index is 12.6. The summed E-state index contributed by atoms with van der Waals surface area (Å²) in [5.74, 6) is -0.623. The van der Waals surface area contributed by atoms with Crippen LogP contribution in [0.5, 0.6) is 0 Å². The molecule has 1 aliphatic heterocycles. The monoisotopic (exact) mass is 413 g/mol. The first-order valence-electron chi connectivity index (χ1n) is 9.06. The van der Waals surface area contributed by atoms with Gasteiger partial charge in [-0.1, -0.05) is 31.9 Å². The third-order valence-corrected chi connectivity index (χ3v) is 4.91. The summed E-state index contributed by atoms with van der Waals surface area (Å²) in [5.41, 5.74) is 0. The number of carbonyl (C=O) groups excluding carboxylic acids is 1. The van der Waals surface area contributed by atoms with Gasteiger partial charge in [-0.15, -0.1) is 0 Å². The molecule has 150 valence electrons. The van der Waals surface area contributed by atoms with Crippen LogP contribution in [-0.4, -0.2) is 88.9 Å². The van der Waals surface area contributed by atoms with Crippen molar-refractivity contribution in [2.45, 2.75) is 45.1 Å². The van der Waals surface area contributed by atoms with Crippen molar-refractivity contribution in [2.24, 2.45) is 0 Å². The molecule has 1 unspecified atom stereocenters. The van der Waals surface area contributed by atoms with Crippen LogP contribution < -0.4 is 29.6 Å². The Morgan fingerprint density at radius 1 is 1.37 bits per heavy atom. The summed E-state index contributed by atoms with van der Waals surface area (Å²) in [5, 5.41) is 19.0. The Hall–Kier alpha value is -0.290. The molecule has 1 heterocycles. The molecule has 0 saturated heterocycles. The normalized spacial score (nSPS) is 16.1. The van der Waals surface area contributed by atoms with Gasteiger partial charge in [-0.05, 0) is 12.8 Å². The number of unbranched alkanes of at least 4 members (excludes halogenated alkanes) is 2. The Labute approximate surface area is 184 Å². The molecule has 0 saturated carbocycles. The molecule has 0 bridgehead atoms. The molecule has 0 aromatic carbocycles. The number of hydrogen-bond acceptors (Lipinski definition) is 7. The van der Waals surface area contributed by atoms with Crippen LogP contribution in [0.25, 0.3) is 0 Å². The Morgan fingerprint density at radius 3 is 2.63 bits per heavy atom. The largest absolute Gasteiger partial charge is 1.00 e. The van der Waals surface area contributed by atoms with Crippen molar-refractivity contribution in [1.29, 1.82) is 0 Å². The predicted molar refractivity (Wildman–Crippen MR) is 97.1 cm³/mol. The van der Waals surface area contributed by atoms with Crippen LogP contribution in [0.2, 0.25) is 0 Å². The van der Waals surface area contributed by atoms with E-state index in [4.69, 9.17) is 0 Å². The standard InChI is InChI=1S/C17H30N2O6S.Na/c1-2-3-4-5-6-7-8-16(22)17-18(11-12-20)9-10-19(17)13-15(21)14-26(23,24)25;/h5-6,15,20-21H,2-4,7-14H2,1H3;/q;+1/b6-5+;. The maximum Gasteiger partial charge on any atom is 1.00 e. The number of amidine groups is 1. The van der Waals surface area contributed by atoms with E-state index < -0.39 is 22.0 Å². The molecular formula is C17H30N2NaO6S+. The number of ketones is 1. The number of β-amino-alcohol motifs (C(OH)–C–C–N with tert-alkyl or cyclic N) is 2. The van der Waals surface area contributed by atoms with Gasteiger partial charge >= 0.3 is 35.4 Å². The van der Waals surface area contributed by atoms with Gasteiger partial charge in [0, 0.05) is 6.42 Å². The first kappa shape index (κ1) is 26.7. The van der Waals surface area contributed by atoms with Gasteiger partial charge in [0.15, 0.2) is 0 Å². The summed E-state index contributed by atoms with van der Waals surface area (Å²) in [7, 11) is -4.54. The zero-order valence-electron chi connectivity index (χ0n) is 16.3. The van der Waals surface area contributed by atoms with Crippen LogP contribution in [-0.2, 0) is 14.9 Å². The van der Waals surface area contributed by atoms with E-state index in [0.717, 1.165) is 19.3 Å². The molecule has 1 aliphatic rings. The van der Waals surface area contributed by atoms with E-state index >= 15 is 0 Å². The minimum atomic E-state index is -4.54. The number of aliphatic hydroxyl groups is 2. The average molecular weight is 413 g/mol. The first-order valence-corrected chi connectivity index (χ1v) is 10.6.